The number of nitrogens with two attached hydrogens (primary N) is 1. The van der Waals surface area contributed by atoms with E-state index in [0.717, 1.165) is 11.1 Å². The number of nitrogens with zero attached hydrogens (tertiary/aromatic N) is 2. The highest BCUT2D eigenvalue weighted by Crippen LogP contribution is 2.08. The molecule has 1 aromatic carbocycles. The van der Waals surface area contributed by atoms with Gasteiger partial charge in [0, 0.05) is 36.5 Å². The van der Waals surface area contributed by atoms with E-state index in [9.17, 15) is 4.79 Å². The Morgan fingerprint density at radius 1 is 1.40 bits per heavy atom. The Bertz CT molecular complexity index is 620. The molecule has 0 aliphatic carbocycles. The molecule has 5 nitrogen and oxygen atoms in total. The summed E-state index contributed by atoms with van der Waals surface area (Å²) in [5.41, 5.74) is 7.77. The second-order valence-electron chi connectivity index (χ2n) is 4.35. The lowest BCUT2D eigenvalue weighted by Gasteiger charge is -2.16. The van der Waals surface area contributed by atoms with E-state index >= 15 is 0 Å². The zero-order valence-corrected chi connectivity index (χ0v) is 11.3. The van der Waals surface area contributed by atoms with Crippen molar-refractivity contribution in [3.8, 4) is 11.8 Å². The van der Waals surface area contributed by atoms with Crippen molar-refractivity contribution >= 4 is 5.91 Å². The smallest absolute Gasteiger partial charge is 0.253 e. The molecule has 0 fully saturated rings. The van der Waals surface area contributed by atoms with Gasteiger partial charge in [-0.25, -0.2) is 0 Å². The Hall–Kier alpha value is -2.58. The number of carbonyl (C=O) groups excluding carboxylic acids is 1. The molecule has 5 heteroatoms. The maximum Gasteiger partial charge on any atom is 0.253 e. The van der Waals surface area contributed by atoms with Crippen molar-refractivity contribution in [2.75, 3.05) is 13.6 Å². The first-order valence-corrected chi connectivity index (χ1v) is 6.23. The number of aromatic amines is 1. The first-order valence-electron chi connectivity index (χ1n) is 6.23. The summed E-state index contributed by atoms with van der Waals surface area (Å²) in [7, 11) is 1.76. The van der Waals surface area contributed by atoms with Crippen LogP contribution in [0.5, 0.6) is 0 Å². The van der Waals surface area contributed by atoms with Crippen molar-refractivity contribution in [2.24, 2.45) is 5.73 Å². The van der Waals surface area contributed by atoms with Crippen LogP contribution in [0.25, 0.3) is 0 Å². The van der Waals surface area contributed by atoms with Crippen molar-refractivity contribution in [3.63, 3.8) is 0 Å². The summed E-state index contributed by atoms with van der Waals surface area (Å²) in [5.74, 6) is 5.66. The molecule has 0 saturated carbocycles. The Labute approximate surface area is 117 Å². The molecule has 0 bridgehead atoms. The Morgan fingerprint density at radius 2 is 2.15 bits per heavy atom. The van der Waals surface area contributed by atoms with Crippen LogP contribution in [0.1, 0.15) is 21.5 Å². The number of hydrogen-bond acceptors (Lipinski definition) is 3. The normalized spacial score (nSPS) is 9.70. The molecule has 0 spiro atoms. The number of benzene rings is 1. The fraction of sp³-hybridized carbons (Fsp3) is 0.200. The quantitative estimate of drug-likeness (QED) is 0.815. The van der Waals surface area contributed by atoms with Crippen LogP contribution in [0, 0.1) is 11.8 Å². The van der Waals surface area contributed by atoms with Gasteiger partial charge >= 0.3 is 0 Å². The lowest BCUT2D eigenvalue weighted by atomic mass is 10.1. The molecule has 0 atom stereocenters. The van der Waals surface area contributed by atoms with Crippen LogP contribution < -0.4 is 5.73 Å². The van der Waals surface area contributed by atoms with Crippen molar-refractivity contribution in [2.45, 2.75) is 6.54 Å². The van der Waals surface area contributed by atoms with Crippen LogP contribution in [-0.2, 0) is 6.54 Å². The lowest BCUT2D eigenvalue weighted by Crippen LogP contribution is -2.25. The Balaban J connectivity index is 2.05. The molecule has 0 aliphatic heterocycles. The minimum absolute atomic E-state index is 0.0375. The number of carbonyl (C=O) groups is 1. The van der Waals surface area contributed by atoms with Crippen LogP contribution in [0.3, 0.4) is 0 Å². The van der Waals surface area contributed by atoms with Gasteiger partial charge in [0.05, 0.1) is 12.7 Å². The number of aromatic nitrogens is 2. The first kappa shape index (κ1) is 13.8. The van der Waals surface area contributed by atoms with Gasteiger partial charge in [0.1, 0.15) is 0 Å². The molecule has 20 heavy (non-hydrogen) atoms. The van der Waals surface area contributed by atoms with Gasteiger partial charge in [0.2, 0.25) is 0 Å². The van der Waals surface area contributed by atoms with Gasteiger partial charge in [-0.1, -0.05) is 11.8 Å². The second-order valence-corrected chi connectivity index (χ2v) is 4.35. The van der Waals surface area contributed by atoms with E-state index in [0.29, 0.717) is 18.7 Å². The maximum atomic E-state index is 12.2. The molecule has 3 N–H and O–H groups in total. The summed E-state index contributed by atoms with van der Waals surface area (Å²) in [5, 5.41) is 6.59. The minimum Gasteiger partial charge on any atom is -0.337 e. The molecule has 0 radical (unpaired) electrons. The van der Waals surface area contributed by atoms with Crippen LogP contribution in [0.4, 0.5) is 0 Å². The highest BCUT2D eigenvalue weighted by Gasteiger charge is 2.12. The van der Waals surface area contributed by atoms with Crippen molar-refractivity contribution in [1.82, 2.24) is 15.1 Å². The maximum absolute atomic E-state index is 12.2. The van der Waals surface area contributed by atoms with Crippen LogP contribution in [-0.4, -0.2) is 34.6 Å². The van der Waals surface area contributed by atoms with Crippen molar-refractivity contribution in [1.29, 1.82) is 0 Å². The monoisotopic (exact) mass is 268 g/mol. The topological polar surface area (TPSA) is 75.0 Å². The van der Waals surface area contributed by atoms with E-state index in [2.05, 4.69) is 22.0 Å². The van der Waals surface area contributed by atoms with Gasteiger partial charge in [0.25, 0.3) is 5.91 Å². The molecule has 0 aliphatic rings. The molecular formula is C15H16N4O. The molecule has 2 aromatic rings. The summed E-state index contributed by atoms with van der Waals surface area (Å²) in [4.78, 5) is 13.9. The molecular weight excluding hydrogens is 252 g/mol. The average molecular weight is 268 g/mol. The Kier molecular flexibility index (Phi) is 4.53. The third-order valence-electron chi connectivity index (χ3n) is 2.79. The highest BCUT2D eigenvalue weighted by atomic mass is 16.2. The molecule has 1 amide bonds. The van der Waals surface area contributed by atoms with Gasteiger partial charge in [-0.15, -0.1) is 0 Å². The third-order valence-corrected chi connectivity index (χ3v) is 2.79. The SMILES string of the molecule is CN(Cc1cn[nH]c1)C(=O)c1ccc(C#CCN)cc1. The van der Waals surface area contributed by atoms with E-state index in [4.69, 9.17) is 5.73 Å². The number of nitrogens with one attached hydrogen (secondary N) is 1. The summed E-state index contributed by atoms with van der Waals surface area (Å²) in [6.45, 7) is 0.845. The fourth-order valence-electron chi connectivity index (χ4n) is 1.78. The largest absolute Gasteiger partial charge is 0.337 e. The third kappa shape index (κ3) is 3.46. The number of H-pyrrole nitrogens is 1. The van der Waals surface area contributed by atoms with Crippen LogP contribution >= 0.6 is 0 Å². The van der Waals surface area contributed by atoms with Crippen molar-refractivity contribution in [3.05, 3.63) is 53.3 Å². The van der Waals surface area contributed by atoms with E-state index < -0.39 is 0 Å². The first-order chi connectivity index (χ1) is 9.70. The summed E-state index contributed by atoms with van der Waals surface area (Å²) < 4.78 is 0. The molecule has 1 aromatic heterocycles. The van der Waals surface area contributed by atoms with E-state index in [1.54, 1.807) is 36.5 Å². The fourth-order valence-corrected chi connectivity index (χ4v) is 1.78. The van der Waals surface area contributed by atoms with Crippen LogP contribution in [0.2, 0.25) is 0 Å². The molecule has 0 unspecified atom stereocenters. The van der Waals surface area contributed by atoms with Gasteiger partial charge in [-0.3, -0.25) is 9.89 Å². The predicted octanol–water partition coefficient (Wildman–Crippen LogP) is 0.992. The van der Waals surface area contributed by atoms with E-state index in [1.807, 2.05) is 12.1 Å². The van der Waals surface area contributed by atoms with E-state index in [-0.39, 0.29) is 5.91 Å². The molecule has 1 heterocycles. The van der Waals surface area contributed by atoms with E-state index in [1.165, 1.54) is 0 Å². The van der Waals surface area contributed by atoms with Gasteiger partial charge in [-0.2, -0.15) is 5.10 Å². The van der Waals surface area contributed by atoms with Crippen molar-refractivity contribution < 1.29 is 4.79 Å². The summed E-state index contributed by atoms with van der Waals surface area (Å²) in [6.07, 6.45) is 3.48. The standard InChI is InChI=1S/C15H16N4O/c1-19(11-13-9-17-18-10-13)15(20)14-6-4-12(5-7-14)3-2-8-16/h4-7,9-10H,8,11,16H2,1H3,(H,17,18). The number of rotatable bonds is 3. The average Bonchev–Trinajstić information content (AvgIpc) is 2.97. The highest BCUT2D eigenvalue weighted by molar-refractivity contribution is 5.94. The predicted molar refractivity (Wildman–Crippen MR) is 76.8 cm³/mol. The lowest BCUT2D eigenvalue weighted by molar-refractivity contribution is 0.0785. The minimum atomic E-state index is -0.0375. The molecule has 2 rings (SSSR count). The molecule has 0 saturated heterocycles. The van der Waals surface area contributed by atoms with Gasteiger partial charge < -0.3 is 10.6 Å². The van der Waals surface area contributed by atoms with Gasteiger partial charge in [-0.05, 0) is 24.3 Å². The second kappa shape index (κ2) is 6.55. The molecule has 102 valence electrons. The summed E-state index contributed by atoms with van der Waals surface area (Å²) >= 11 is 0. The van der Waals surface area contributed by atoms with Crippen LogP contribution in [0.15, 0.2) is 36.7 Å². The zero-order valence-electron chi connectivity index (χ0n) is 11.3. The zero-order chi connectivity index (χ0) is 14.4. The van der Waals surface area contributed by atoms with Gasteiger partial charge in [0.15, 0.2) is 0 Å². The number of amides is 1. The Morgan fingerprint density at radius 3 is 2.75 bits per heavy atom. The summed E-state index contributed by atoms with van der Waals surface area (Å²) in [6, 6.07) is 7.19. The number of hydrogen-bond donors (Lipinski definition) is 2.